The second-order valence-corrected chi connectivity index (χ2v) is 4.89. The quantitative estimate of drug-likeness (QED) is 0.804. The molecule has 0 fully saturated rings. The number of rotatable bonds is 4. The summed E-state index contributed by atoms with van der Waals surface area (Å²) < 4.78 is 5.79. The van der Waals surface area contributed by atoms with Gasteiger partial charge >= 0.3 is 0 Å². The van der Waals surface area contributed by atoms with Gasteiger partial charge in [-0.25, -0.2) is 0 Å². The third kappa shape index (κ3) is 2.19. The van der Waals surface area contributed by atoms with Crippen molar-refractivity contribution >= 4 is 23.2 Å². The molecule has 2 aromatic rings. The van der Waals surface area contributed by atoms with E-state index >= 15 is 0 Å². The number of carbonyl (C=O) groups excluding carboxylic acids is 1. The van der Waals surface area contributed by atoms with Gasteiger partial charge in [0.15, 0.2) is 6.23 Å². The molecule has 0 aliphatic carbocycles. The average Bonchev–Trinajstić information content (AvgIpc) is 2.79. The van der Waals surface area contributed by atoms with Gasteiger partial charge in [-0.05, 0) is 18.2 Å². The summed E-state index contributed by atoms with van der Waals surface area (Å²) in [5.41, 5.74) is 2.41. The van der Waals surface area contributed by atoms with Gasteiger partial charge in [-0.15, -0.1) is 11.6 Å². The second-order valence-electron chi connectivity index (χ2n) is 4.51. The number of para-hydroxylation sites is 1. The highest BCUT2D eigenvalue weighted by Gasteiger charge is 2.37. The zero-order chi connectivity index (χ0) is 13.9. The molecular weight excluding hydrogens is 274 g/mol. The Balaban J connectivity index is 2.03. The van der Waals surface area contributed by atoms with Gasteiger partial charge in [-0.1, -0.05) is 36.4 Å². The normalized spacial score (nSPS) is 17.4. The number of carbonyl (C=O) groups is 1. The summed E-state index contributed by atoms with van der Waals surface area (Å²) >= 11 is 5.71. The van der Waals surface area contributed by atoms with Gasteiger partial charge in [0, 0.05) is 22.7 Å². The number of halogens is 1. The molecule has 3 nitrogen and oxygen atoms in total. The molecule has 4 heteroatoms. The zero-order valence-corrected chi connectivity index (χ0v) is 11.6. The van der Waals surface area contributed by atoms with Crippen LogP contribution < -0.4 is 4.90 Å². The van der Waals surface area contributed by atoms with Gasteiger partial charge in [0.05, 0.1) is 6.61 Å². The van der Waals surface area contributed by atoms with Gasteiger partial charge in [-0.3, -0.25) is 9.69 Å². The van der Waals surface area contributed by atoms with E-state index in [0.29, 0.717) is 18.1 Å². The van der Waals surface area contributed by atoms with Crippen molar-refractivity contribution < 1.29 is 9.53 Å². The molecule has 1 atom stereocenters. The Labute approximate surface area is 122 Å². The number of anilines is 1. The number of hydrogen-bond donors (Lipinski definition) is 0. The summed E-state index contributed by atoms with van der Waals surface area (Å²) in [6.07, 6.45) is -0.403. The number of alkyl halides is 1. The molecule has 1 unspecified atom stereocenters. The van der Waals surface area contributed by atoms with Crippen LogP contribution in [0.3, 0.4) is 0 Å². The topological polar surface area (TPSA) is 29.5 Å². The first kappa shape index (κ1) is 13.2. The smallest absolute Gasteiger partial charge is 0.261 e. The second kappa shape index (κ2) is 5.65. The molecule has 0 radical (unpaired) electrons. The molecular formula is C16H14ClNO2. The van der Waals surface area contributed by atoms with Crippen molar-refractivity contribution in [3.05, 3.63) is 65.7 Å². The Kier molecular flexibility index (Phi) is 3.72. The molecule has 1 aliphatic rings. The lowest BCUT2D eigenvalue weighted by Gasteiger charge is -2.25. The largest absolute Gasteiger partial charge is 0.352 e. The minimum Gasteiger partial charge on any atom is -0.352 e. The molecule has 0 saturated carbocycles. The third-order valence-corrected chi connectivity index (χ3v) is 3.45. The highest BCUT2D eigenvalue weighted by molar-refractivity contribution is 6.18. The van der Waals surface area contributed by atoms with Crippen molar-refractivity contribution in [2.45, 2.75) is 6.23 Å². The lowest BCUT2D eigenvalue weighted by atomic mass is 10.1. The van der Waals surface area contributed by atoms with E-state index in [-0.39, 0.29) is 5.91 Å². The highest BCUT2D eigenvalue weighted by Crippen LogP contribution is 2.37. The van der Waals surface area contributed by atoms with Crippen molar-refractivity contribution in [1.29, 1.82) is 0 Å². The Hall–Kier alpha value is -1.84. The lowest BCUT2D eigenvalue weighted by molar-refractivity contribution is 0.0610. The SMILES string of the molecule is O=C1c2ccccc2C(OCCCl)N1c1ccccc1. The van der Waals surface area contributed by atoms with Crippen LogP contribution in [0.25, 0.3) is 0 Å². The summed E-state index contributed by atoms with van der Waals surface area (Å²) in [6, 6.07) is 17.1. The Bertz CT molecular complexity index is 615. The standard InChI is InChI=1S/C16H14ClNO2/c17-10-11-20-16-14-9-5-4-8-13(14)15(19)18(16)12-6-2-1-3-7-12/h1-9,16H,10-11H2. The first-order chi connectivity index (χ1) is 9.83. The minimum absolute atomic E-state index is 0.0358. The van der Waals surface area contributed by atoms with Crippen LogP contribution in [-0.2, 0) is 4.74 Å². The van der Waals surface area contributed by atoms with Crippen molar-refractivity contribution in [3.63, 3.8) is 0 Å². The number of nitrogens with zero attached hydrogens (tertiary/aromatic N) is 1. The predicted octanol–water partition coefficient (Wildman–Crippen LogP) is 3.60. The maximum Gasteiger partial charge on any atom is 0.261 e. The average molecular weight is 288 g/mol. The molecule has 0 aromatic heterocycles. The molecule has 0 saturated heterocycles. The van der Waals surface area contributed by atoms with Crippen LogP contribution in [0.15, 0.2) is 54.6 Å². The Morgan fingerprint density at radius 1 is 1.05 bits per heavy atom. The fourth-order valence-electron chi connectivity index (χ4n) is 2.44. The molecule has 2 aromatic carbocycles. The van der Waals surface area contributed by atoms with E-state index < -0.39 is 6.23 Å². The van der Waals surface area contributed by atoms with Crippen molar-refractivity contribution in [3.8, 4) is 0 Å². The van der Waals surface area contributed by atoms with E-state index in [2.05, 4.69) is 0 Å². The van der Waals surface area contributed by atoms with Crippen LogP contribution in [0.5, 0.6) is 0 Å². The van der Waals surface area contributed by atoms with E-state index in [0.717, 1.165) is 11.3 Å². The first-order valence-corrected chi connectivity index (χ1v) is 7.01. The Morgan fingerprint density at radius 3 is 2.50 bits per heavy atom. The number of benzene rings is 2. The van der Waals surface area contributed by atoms with Gasteiger partial charge in [0.25, 0.3) is 5.91 Å². The fraction of sp³-hybridized carbons (Fsp3) is 0.188. The van der Waals surface area contributed by atoms with E-state index in [1.54, 1.807) is 4.90 Å². The van der Waals surface area contributed by atoms with Crippen molar-refractivity contribution in [2.24, 2.45) is 0 Å². The molecule has 102 valence electrons. The summed E-state index contributed by atoms with van der Waals surface area (Å²) in [6.45, 7) is 0.400. The lowest BCUT2D eigenvalue weighted by Crippen LogP contribution is -2.29. The van der Waals surface area contributed by atoms with E-state index in [1.807, 2.05) is 54.6 Å². The van der Waals surface area contributed by atoms with Gasteiger partial charge in [0.1, 0.15) is 0 Å². The molecule has 0 N–H and O–H groups in total. The van der Waals surface area contributed by atoms with E-state index in [1.165, 1.54) is 0 Å². The monoisotopic (exact) mass is 287 g/mol. The van der Waals surface area contributed by atoms with Crippen LogP contribution in [-0.4, -0.2) is 18.4 Å². The summed E-state index contributed by atoms with van der Waals surface area (Å²) in [5, 5.41) is 0. The highest BCUT2D eigenvalue weighted by atomic mass is 35.5. The van der Waals surface area contributed by atoms with Crippen LogP contribution in [0.1, 0.15) is 22.1 Å². The Morgan fingerprint density at radius 2 is 1.75 bits per heavy atom. The first-order valence-electron chi connectivity index (χ1n) is 6.48. The van der Waals surface area contributed by atoms with Crippen LogP contribution in [0.4, 0.5) is 5.69 Å². The summed E-state index contributed by atoms with van der Waals surface area (Å²) in [4.78, 5) is 14.3. The van der Waals surface area contributed by atoms with E-state index in [9.17, 15) is 4.79 Å². The van der Waals surface area contributed by atoms with Gasteiger partial charge in [-0.2, -0.15) is 0 Å². The number of ether oxygens (including phenoxy) is 1. The molecule has 20 heavy (non-hydrogen) atoms. The fourth-order valence-corrected chi connectivity index (χ4v) is 2.53. The summed E-state index contributed by atoms with van der Waals surface area (Å²) in [5.74, 6) is 0.363. The third-order valence-electron chi connectivity index (χ3n) is 3.30. The predicted molar refractivity (Wildman–Crippen MR) is 79.1 cm³/mol. The molecule has 3 rings (SSSR count). The van der Waals surface area contributed by atoms with Crippen molar-refractivity contribution in [2.75, 3.05) is 17.4 Å². The minimum atomic E-state index is -0.403. The number of amides is 1. The number of fused-ring (bicyclic) bond motifs is 1. The summed E-state index contributed by atoms with van der Waals surface area (Å²) in [7, 11) is 0. The maximum atomic E-state index is 12.6. The molecule has 1 amide bonds. The van der Waals surface area contributed by atoms with Crippen LogP contribution in [0.2, 0.25) is 0 Å². The van der Waals surface area contributed by atoms with Gasteiger partial charge < -0.3 is 4.74 Å². The van der Waals surface area contributed by atoms with Crippen LogP contribution >= 0.6 is 11.6 Å². The molecule has 1 heterocycles. The van der Waals surface area contributed by atoms with Gasteiger partial charge in [0.2, 0.25) is 0 Å². The van der Waals surface area contributed by atoms with Crippen molar-refractivity contribution in [1.82, 2.24) is 0 Å². The number of hydrogen-bond acceptors (Lipinski definition) is 2. The molecule has 0 spiro atoms. The van der Waals surface area contributed by atoms with Crippen LogP contribution in [0, 0.1) is 0 Å². The van der Waals surface area contributed by atoms with E-state index in [4.69, 9.17) is 16.3 Å². The molecule has 0 bridgehead atoms. The zero-order valence-electron chi connectivity index (χ0n) is 10.8. The molecule has 1 aliphatic heterocycles. The maximum absolute atomic E-state index is 12.6.